The molecule has 5 heteroatoms. The van der Waals surface area contributed by atoms with Crippen molar-refractivity contribution in [3.8, 4) is 0 Å². The van der Waals surface area contributed by atoms with Gasteiger partial charge in [0.05, 0.1) is 5.39 Å². The fourth-order valence-corrected chi connectivity index (χ4v) is 2.23. The molecule has 2 rings (SSSR count). The Labute approximate surface area is 99.1 Å². The lowest BCUT2D eigenvalue weighted by atomic mass is 10.4. The van der Waals surface area contributed by atoms with E-state index in [-0.39, 0.29) is 0 Å². The molecular formula is C11H16N4S. The first-order valence-corrected chi connectivity index (χ1v) is 6.42. The van der Waals surface area contributed by atoms with Crippen LogP contribution in [0.25, 0.3) is 10.2 Å². The molecule has 0 spiro atoms. The summed E-state index contributed by atoms with van der Waals surface area (Å²) < 4.78 is 0. The minimum Gasteiger partial charge on any atom is -0.368 e. The lowest BCUT2D eigenvalue weighted by Gasteiger charge is -2.06. The highest BCUT2D eigenvalue weighted by Crippen LogP contribution is 2.23. The maximum atomic E-state index is 4.25. The van der Waals surface area contributed by atoms with E-state index in [2.05, 4.69) is 33.6 Å². The Kier molecular flexibility index (Phi) is 4.07. The van der Waals surface area contributed by atoms with Crippen LogP contribution in [0.3, 0.4) is 0 Å². The third-order valence-corrected chi connectivity index (χ3v) is 3.10. The summed E-state index contributed by atoms with van der Waals surface area (Å²) >= 11 is 1.64. The second kappa shape index (κ2) is 5.77. The van der Waals surface area contributed by atoms with Crippen LogP contribution in [0, 0.1) is 0 Å². The Morgan fingerprint density at radius 3 is 3.06 bits per heavy atom. The second-order valence-electron chi connectivity index (χ2n) is 3.54. The van der Waals surface area contributed by atoms with Gasteiger partial charge in [-0.2, -0.15) is 0 Å². The Hall–Kier alpha value is -1.20. The van der Waals surface area contributed by atoms with Crippen molar-refractivity contribution in [3.63, 3.8) is 0 Å². The summed E-state index contributed by atoms with van der Waals surface area (Å²) in [6.45, 7) is 5.09. The molecule has 2 aromatic heterocycles. The van der Waals surface area contributed by atoms with Crippen molar-refractivity contribution < 1.29 is 0 Å². The molecule has 0 aliphatic carbocycles. The zero-order chi connectivity index (χ0) is 11.2. The summed E-state index contributed by atoms with van der Waals surface area (Å²) in [7, 11) is 0. The van der Waals surface area contributed by atoms with Crippen molar-refractivity contribution in [1.29, 1.82) is 0 Å². The second-order valence-corrected chi connectivity index (χ2v) is 4.43. The molecule has 0 aliphatic heterocycles. The van der Waals surface area contributed by atoms with Crippen molar-refractivity contribution in [2.75, 3.05) is 25.0 Å². The molecule has 4 nitrogen and oxygen atoms in total. The van der Waals surface area contributed by atoms with Crippen LogP contribution in [0.2, 0.25) is 0 Å². The lowest BCUT2D eigenvalue weighted by molar-refractivity contribution is 0.687. The predicted octanol–water partition coefficient (Wildman–Crippen LogP) is 2.10. The van der Waals surface area contributed by atoms with Crippen LogP contribution in [0.4, 0.5) is 5.82 Å². The molecule has 0 aliphatic rings. The molecule has 0 unspecified atom stereocenters. The molecule has 0 saturated carbocycles. The van der Waals surface area contributed by atoms with E-state index in [9.17, 15) is 0 Å². The van der Waals surface area contributed by atoms with Crippen LogP contribution in [-0.4, -0.2) is 29.6 Å². The highest BCUT2D eigenvalue weighted by atomic mass is 32.1. The van der Waals surface area contributed by atoms with Crippen LogP contribution < -0.4 is 10.6 Å². The Morgan fingerprint density at radius 2 is 2.19 bits per heavy atom. The smallest absolute Gasteiger partial charge is 0.138 e. The number of nitrogens with one attached hydrogen (secondary N) is 2. The fourth-order valence-electron chi connectivity index (χ4n) is 1.50. The van der Waals surface area contributed by atoms with Gasteiger partial charge in [-0.05, 0) is 24.4 Å². The van der Waals surface area contributed by atoms with Crippen LogP contribution in [0.15, 0.2) is 17.8 Å². The van der Waals surface area contributed by atoms with E-state index in [1.807, 2.05) is 5.38 Å². The minimum absolute atomic E-state index is 0.891. The Balaban J connectivity index is 1.91. The maximum absolute atomic E-state index is 4.25. The molecule has 0 saturated heterocycles. The third-order valence-electron chi connectivity index (χ3n) is 2.28. The molecule has 0 aromatic carbocycles. The number of fused-ring (bicyclic) bond motifs is 1. The summed E-state index contributed by atoms with van der Waals surface area (Å²) in [5.41, 5.74) is 0. The summed E-state index contributed by atoms with van der Waals surface area (Å²) in [4.78, 5) is 9.51. The van der Waals surface area contributed by atoms with E-state index in [0.29, 0.717) is 0 Å². The highest BCUT2D eigenvalue weighted by molar-refractivity contribution is 7.16. The topological polar surface area (TPSA) is 49.8 Å². The van der Waals surface area contributed by atoms with E-state index < -0.39 is 0 Å². The first kappa shape index (κ1) is 11.3. The molecule has 16 heavy (non-hydrogen) atoms. The van der Waals surface area contributed by atoms with Crippen molar-refractivity contribution in [1.82, 2.24) is 15.3 Å². The maximum Gasteiger partial charge on any atom is 0.138 e. The standard InChI is InChI=1S/C11H16N4S/c1-2-4-12-5-6-13-10-9-3-7-16-11(9)15-8-14-10/h3,7-8,12H,2,4-6H2,1H3,(H,13,14,15). The molecule has 2 heterocycles. The number of hydrogen-bond acceptors (Lipinski definition) is 5. The van der Waals surface area contributed by atoms with Gasteiger partial charge in [-0.1, -0.05) is 6.92 Å². The van der Waals surface area contributed by atoms with Crippen molar-refractivity contribution in [2.24, 2.45) is 0 Å². The predicted molar refractivity (Wildman–Crippen MR) is 69.1 cm³/mol. The molecule has 0 atom stereocenters. The van der Waals surface area contributed by atoms with E-state index in [0.717, 1.165) is 35.7 Å². The van der Waals surface area contributed by atoms with Crippen molar-refractivity contribution >= 4 is 27.4 Å². The third kappa shape index (κ3) is 2.68. The molecule has 0 fully saturated rings. The van der Waals surface area contributed by atoms with Crippen molar-refractivity contribution in [3.05, 3.63) is 17.8 Å². The van der Waals surface area contributed by atoms with Gasteiger partial charge in [-0.3, -0.25) is 0 Å². The van der Waals surface area contributed by atoms with Crippen LogP contribution in [0.1, 0.15) is 13.3 Å². The molecule has 0 amide bonds. The number of thiophene rings is 1. The van der Waals surface area contributed by atoms with E-state index in [1.54, 1.807) is 17.7 Å². The summed E-state index contributed by atoms with van der Waals surface area (Å²) in [5, 5.41) is 9.83. The van der Waals surface area contributed by atoms with Gasteiger partial charge in [0, 0.05) is 13.1 Å². The minimum atomic E-state index is 0.891. The zero-order valence-corrected chi connectivity index (χ0v) is 10.2. The van der Waals surface area contributed by atoms with Crippen LogP contribution >= 0.6 is 11.3 Å². The number of rotatable bonds is 6. The zero-order valence-electron chi connectivity index (χ0n) is 9.36. The number of aromatic nitrogens is 2. The molecule has 2 aromatic rings. The number of hydrogen-bond donors (Lipinski definition) is 2. The van der Waals surface area contributed by atoms with Gasteiger partial charge in [0.2, 0.25) is 0 Å². The average molecular weight is 236 g/mol. The van der Waals surface area contributed by atoms with Gasteiger partial charge >= 0.3 is 0 Å². The quantitative estimate of drug-likeness (QED) is 0.754. The van der Waals surface area contributed by atoms with Gasteiger partial charge < -0.3 is 10.6 Å². The highest BCUT2D eigenvalue weighted by Gasteiger charge is 2.02. The van der Waals surface area contributed by atoms with E-state index >= 15 is 0 Å². The molecule has 0 bridgehead atoms. The largest absolute Gasteiger partial charge is 0.368 e. The van der Waals surface area contributed by atoms with E-state index in [1.165, 1.54) is 6.42 Å². The Morgan fingerprint density at radius 1 is 1.25 bits per heavy atom. The first-order valence-electron chi connectivity index (χ1n) is 5.54. The number of nitrogens with zero attached hydrogens (tertiary/aromatic N) is 2. The van der Waals surface area contributed by atoms with Crippen molar-refractivity contribution in [2.45, 2.75) is 13.3 Å². The van der Waals surface area contributed by atoms with Gasteiger partial charge in [0.25, 0.3) is 0 Å². The van der Waals surface area contributed by atoms with Gasteiger partial charge in [-0.15, -0.1) is 11.3 Å². The molecule has 0 radical (unpaired) electrons. The fraction of sp³-hybridized carbons (Fsp3) is 0.455. The first-order chi connectivity index (χ1) is 7.92. The SMILES string of the molecule is CCCNCCNc1ncnc2sccc12. The summed E-state index contributed by atoms with van der Waals surface area (Å²) in [5.74, 6) is 0.935. The molecule has 2 N–H and O–H groups in total. The monoisotopic (exact) mass is 236 g/mol. The molecule has 86 valence electrons. The van der Waals surface area contributed by atoms with Crippen LogP contribution in [0.5, 0.6) is 0 Å². The number of anilines is 1. The summed E-state index contributed by atoms with van der Waals surface area (Å²) in [6.07, 6.45) is 2.78. The van der Waals surface area contributed by atoms with Crippen LogP contribution in [-0.2, 0) is 0 Å². The van der Waals surface area contributed by atoms with Gasteiger partial charge in [0.15, 0.2) is 0 Å². The summed E-state index contributed by atoms with van der Waals surface area (Å²) in [6, 6.07) is 2.06. The average Bonchev–Trinajstić information content (AvgIpc) is 2.77. The molecular weight excluding hydrogens is 220 g/mol. The van der Waals surface area contributed by atoms with Gasteiger partial charge in [-0.25, -0.2) is 9.97 Å². The normalized spacial score (nSPS) is 10.8. The van der Waals surface area contributed by atoms with Gasteiger partial charge in [0.1, 0.15) is 17.0 Å². The lowest BCUT2D eigenvalue weighted by Crippen LogP contribution is -2.23. The van der Waals surface area contributed by atoms with E-state index in [4.69, 9.17) is 0 Å². The Bertz CT molecular complexity index is 440.